The van der Waals surface area contributed by atoms with Crippen molar-refractivity contribution in [3.8, 4) is 0 Å². The van der Waals surface area contributed by atoms with Crippen molar-refractivity contribution in [2.24, 2.45) is 0 Å². The second-order valence-electron chi connectivity index (χ2n) is 4.69. The van der Waals surface area contributed by atoms with E-state index >= 15 is 0 Å². The molecule has 0 aliphatic rings. The fourth-order valence-corrected chi connectivity index (χ4v) is 3.72. The molecule has 0 saturated carbocycles. The minimum absolute atomic E-state index is 0.0462. The molecule has 106 valence electrons. The number of hydrogen-bond acceptors (Lipinski definition) is 2. The second kappa shape index (κ2) is 5.63. The molecule has 0 bridgehead atoms. The van der Waals surface area contributed by atoms with Gasteiger partial charge in [0.1, 0.15) is 5.82 Å². The van der Waals surface area contributed by atoms with Crippen LogP contribution >= 0.6 is 0 Å². The molecular weight excluding hydrogens is 277 g/mol. The van der Waals surface area contributed by atoms with Crippen LogP contribution in [0.15, 0.2) is 59.5 Å². The van der Waals surface area contributed by atoms with E-state index in [-0.39, 0.29) is 10.9 Å². The van der Waals surface area contributed by atoms with Gasteiger partial charge < -0.3 is 0 Å². The molecule has 0 N–H and O–H groups in total. The maximum Gasteiger partial charge on any atom is 0.264 e. The standard InChI is InChI=1S/C15H16FNO2S/c1-12(2)17(14-8-4-3-5-9-14)20(18,19)15-10-6-7-13(16)11-15/h3-12H,1-2H3. The molecule has 0 unspecified atom stereocenters. The summed E-state index contributed by atoms with van der Waals surface area (Å²) < 4.78 is 39.9. The van der Waals surface area contributed by atoms with E-state index in [0.29, 0.717) is 5.69 Å². The minimum Gasteiger partial charge on any atom is -0.264 e. The summed E-state index contributed by atoms with van der Waals surface area (Å²) in [6.45, 7) is 3.56. The van der Waals surface area contributed by atoms with Gasteiger partial charge >= 0.3 is 0 Å². The maximum atomic E-state index is 13.3. The normalized spacial score (nSPS) is 11.6. The van der Waals surface area contributed by atoms with E-state index in [1.807, 2.05) is 6.07 Å². The van der Waals surface area contributed by atoms with Crippen molar-refractivity contribution in [2.45, 2.75) is 24.8 Å². The van der Waals surface area contributed by atoms with Crippen molar-refractivity contribution < 1.29 is 12.8 Å². The minimum atomic E-state index is -3.78. The van der Waals surface area contributed by atoms with Gasteiger partial charge in [-0.25, -0.2) is 12.8 Å². The van der Waals surface area contributed by atoms with Crippen molar-refractivity contribution in [1.29, 1.82) is 0 Å². The molecule has 0 aliphatic carbocycles. The highest BCUT2D eigenvalue weighted by atomic mass is 32.2. The Bertz CT molecular complexity index is 684. The van der Waals surface area contributed by atoms with Gasteiger partial charge in [-0.2, -0.15) is 0 Å². The quantitative estimate of drug-likeness (QED) is 0.866. The monoisotopic (exact) mass is 293 g/mol. The average molecular weight is 293 g/mol. The molecule has 5 heteroatoms. The molecule has 2 aromatic rings. The molecular formula is C15H16FNO2S. The van der Waals surface area contributed by atoms with Crippen LogP contribution in [0, 0.1) is 5.82 Å². The Kier molecular flexibility index (Phi) is 4.09. The first-order chi connectivity index (χ1) is 9.43. The Balaban J connectivity index is 2.54. The molecule has 2 rings (SSSR count). The van der Waals surface area contributed by atoms with Crippen LogP contribution in [0.1, 0.15) is 13.8 Å². The third-order valence-corrected chi connectivity index (χ3v) is 4.83. The molecule has 0 fully saturated rings. The first kappa shape index (κ1) is 14.5. The van der Waals surface area contributed by atoms with Gasteiger partial charge in [0.25, 0.3) is 10.0 Å². The van der Waals surface area contributed by atoms with Crippen LogP contribution in [-0.4, -0.2) is 14.5 Å². The zero-order valence-electron chi connectivity index (χ0n) is 11.3. The lowest BCUT2D eigenvalue weighted by Gasteiger charge is -2.28. The lowest BCUT2D eigenvalue weighted by atomic mass is 10.3. The SMILES string of the molecule is CC(C)N(c1ccccc1)S(=O)(=O)c1cccc(F)c1. The van der Waals surface area contributed by atoms with E-state index in [1.165, 1.54) is 22.5 Å². The van der Waals surface area contributed by atoms with Gasteiger partial charge in [0.05, 0.1) is 10.6 Å². The number of rotatable bonds is 4. The number of halogens is 1. The summed E-state index contributed by atoms with van der Waals surface area (Å²) in [7, 11) is -3.78. The summed E-state index contributed by atoms with van der Waals surface area (Å²) in [5.41, 5.74) is 0.562. The Morgan fingerprint density at radius 1 is 1.00 bits per heavy atom. The van der Waals surface area contributed by atoms with E-state index in [4.69, 9.17) is 0 Å². The number of para-hydroxylation sites is 1. The molecule has 0 heterocycles. The van der Waals surface area contributed by atoms with Gasteiger partial charge in [-0.05, 0) is 44.2 Å². The van der Waals surface area contributed by atoms with E-state index in [1.54, 1.807) is 38.1 Å². The molecule has 3 nitrogen and oxygen atoms in total. The molecule has 2 aromatic carbocycles. The van der Waals surface area contributed by atoms with E-state index < -0.39 is 15.8 Å². The molecule has 0 atom stereocenters. The van der Waals surface area contributed by atoms with Crippen LogP contribution in [0.3, 0.4) is 0 Å². The van der Waals surface area contributed by atoms with E-state index in [2.05, 4.69) is 0 Å². The highest BCUT2D eigenvalue weighted by Crippen LogP contribution is 2.26. The third-order valence-electron chi connectivity index (χ3n) is 2.83. The summed E-state index contributed by atoms with van der Waals surface area (Å²) in [4.78, 5) is -0.0462. The van der Waals surface area contributed by atoms with E-state index in [9.17, 15) is 12.8 Å². The summed E-state index contributed by atoms with van der Waals surface area (Å²) in [6, 6.07) is 13.6. The van der Waals surface area contributed by atoms with Crippen molar-refractivity contribution >= 4 is 15.7 Å². The zero-order valence-corrected chi connectivity index (χ0v) is 12.1. The maximum absolute atomic E-state index is 13.3. The van der Waals surface area contributed by atoms with Gasteiger partial charge in [0, 0.05) is 6.04 Å². The molecule has 0 saturated heterocycles. The van der Waals surface area contributed by atoms with Gasteiger partial charge in [0.2, 0.25) is 0 Å². The van der Waals surface area contributed by atoms with Gasteiger partial charge in [-0.15, -0.1) is 0 Å². The predicted molar refractivity (Wildman–Crippen MR) is 77.6 cm³/mol. The summed E-state index contributed by atoms with van der Waals surface area (Å²) >= 11 is 0. The highest BCUT2D eigenvalue weighted by Gasteiger charge is 2.27. The van der Waals surface area contributed by atoms with Gasteiger partial charge in [-0.3, -0.25) is 4.31 Å². The average Bonchev–Trinajstić information content (AvgIpc) is 2.39. The second-order valence-corrected chi connectivity index (χ2v) is 6.50. The van der Waals surface area contributed by atoms with Crippen molar-refractivity contribution in [3.63, 3.8) is 0 Å². The lowest BCUT2D eigenvalue weighted by molar-refractivity contribution is 0.580. The van der Waals surface area contributed by atoms with Gasteiger partial charge in [0.15, 0.2) is 0 Å². The smallest absolute Gasteiger partial charge is 0.264 e. The Labute approximate surface area is 118 Å². The van der Waals surface area contributed by atoms with Crippen LogP contribution in [0.25, 0.3) is 0 Å². The molecule has 0 radical (unpaired) electrons. The molecule has 0 aliphatic heterocycles. The third kappa shape index (κ3) is 2.82. The summed E-state index contributed by atoms with van der Waals surface area (Å²) in [6.07, 6.45) is 0. The molecule has 0 aromatic heterocycles. The van der Waals surface area contributed by atoms with Crippen molar-refractivity contribution in [3.05, 3.63) is 60.4 Å². The van der Waals surface area contributed by atoms with Crippen LogP contribution in [0.5, 0.6) is 0 Å². The number of sulfonamides is 1. The van der Waals surface area contributed by atoms with Crippen molar-refractivity contribution in [1.82, 2.24) is 0 Å². The van der Waals surface area contributed by atoms with Crippen molar-refractivity contribution in [2.75, 3.05) is 4.31 Å². The summed E-state index contributed by atoms with van der Waals surface area (Å²) in [5.74, 6) is -0.567. The van der Waals surface area contributed by atoms with Gasteiger partial charge in [-0.1, -0.05) is 24.3 Å². The molecule has 0 spiro atoms. The largest absolute Gasteiger partial charge is 0.264 e. The summed E-state index contributed by atoms with van der Waals surface area (Å²) in [5, 5.41) is 0. The lowest BCUT2D eigenvalue weighted by Crippen LogP contribution is -2.37. The van der Waals surface area contributed by atoms with Crippen LogP contribution in [0.4, 0.5) is 10.1 Å². The number of benzene rings is 2. The fraction of sp³-hybridized carbons (Fsp3) is 0.200. The Morgan fingerprint density at radius 2 is 1.65 bits per heavy atom. The topological polar surface area (TPSA) is 37.4 Å². The Morgan fingerprint density at radius 3 is 2.20 bits per heavy atom. The number of nitrogens with zero attached hydrogens (tertiary/aromatic N) is 1. The fourth-order valence-electron chi connectivity index (χ4n) is 2.03. The van der Waals surface area contributed by atoms with Crippen LogP contribution in [-0.2, 0) is 10.0 Å². The van der Waals surface area contributed by atoms with Crippen LogP contribution in [0.2, 0.25) is 0 Å². The van der Waals surface area contributed by atoms with E-state index in [0.717, 1.165) is 6.07 Å². The highest BCUT2D eigenvalue weighted by molar-refractivity contribution is 7.92. The first-order valence-corrected chi connectivity index (χ1v) is 7.72. The first-order valence-electron chi connectivity index (χ1n) is 6.28. The number of anilines is 1. The number of hydrogen-bond donors (Lipinski definition) is 0. The Hall–Kier alpha value is -1.88. The molecule has 0 amide bonds. The van der Waals surface area contributed by atoms with Crippen LogP contribution < -0.4 is 4.31 Å². The predicted octanol–water partition coefficient (Wildman–Crippen LogP) is 3.43. The zero-order chi connectivity index (χ0) is 14.8. The molecule has 20 heavy (non-hydrogen) atoms.